The Labute approximate surface area is 126 Å². The molecule has 0 unspecified atom stereocenters. The van der Waals surface area contributed by atoms with Crippen molar-refractivity contribution < 1.29 is 14.3 Å². The van der Waals surface area contributed by atoms with E-state index in [2.05, 4.69) is 30.4 Å². The van der Waals surface area contributed by atoms with Crippen LogP contribution in [-0.2, 0) is 14.3 Å². The van der Waals surface area contributed by atoms with Crippen LogP contribution < -0.4 is 0 Å². The van der Waals surface area contributed by atoms with Crippen LogP contribution in [-0.4, -0.2) is 72.0 Å². The lowest BCUT2D eigenvalue weighted by Gasteiger charge is -2.35. The Hall–Kier alpha value is -0.750. The normalized spacial score (nSPS) is 17.1. The summed E-state index contributed by atoms with van der Waals surface area (Å²) in [6.45, 7) is 10.3. The topological polar surface area (TPSA) is 49.9 Å². The monoisotopic (exact) mass is 302 g/mol. The van der Waals surface area contributed by atoms with E-state index in [4.69, 9.17) is 0 Å². The fourth-order valence-corrected chi connectivity index (χ4v) is 2.68. The van der Waals surface area contributed by atoms with Gasteiger partial charge in [0.1, 0.15) is 0 Å². The summed E-state index contributed by atoms with van der Waals surface area (Å²) in [6.07, 6.45) is 0.421. The summed E-state index contributed by atoms with van der Waals surface area (Å²) in [5.74, 6) is 0.591. The third-order valence-corrected chi connectivity index (χ3v) is 4.47. The van der Waals surface area contributed by atoms with Crippen LogP contribution in [0.3, 0.4) is 0 Å². The lowest BCUT2D eigenvalue weighted by Crippen LogP contribution is -2.49. The molecule has 0 N–H and O–H groups in total. The molecular formula is C14H26N2O3S. The van der Waals surface area contributed by atoms with E-state index in [0.717, 1.165) is 26.2 Å². The molecule has 0 aromatic rings. The van der Waals surface area contributed by atoms with Crippen LogP contribution in [0.4, 0.5) is 0 Å². The Kier molecular flexibility index (Phi) is 6.82. The smallest absolute Gasteiger partial charge is 0.306 e. The number of rotatable bonds is 5. The van der Waals surface area contributed by atoms with Gasteiger partial charge in [-0.3, -0.25) is 14.5 Å². The molecule has 5 nitrogen and oxygen atoms in total. The summed E-state index contributed by atoms with van der Waals surface area (Å²) in [5, 5.41) is 0. The Balaban J connectivity index is 2.24. The fraction of sp³-hybridized carbons (Fsp3) is 0.857. The van der Waals surface area contributed by atoms with Crippen molar-refractivity contribution >= 4 is 23.6 Å². The molecule has 0 aromatic heterocycles. The number of hydrogen-bond donors (Lipinski definition) is 0. The average molecular weight is 302 g/mol. The first-order chi connectivity index (χ1) is 9.31. The van der Waals surface area contributed by atoms with Crippen molar-refractivity contribution in [2.75, 3.05) is 45.6 Å². The predicted molar refractivity (Wildman–Crippen MR) is 81.9 cm³/mol. The first-order valence-electron chi connectivity index (χ1n) is 7.03. The maximum absolute atomic E-state index is 12.1. The van der Waals surface area contributed by atoms with E-state index in [1.54, 1.807) is 11.8 Å². The summed E-state index contributed by atoms with van der Waals surface area (Å²) in [7, 11) is 1.41. The molecule has 116 valence electrons. The van der Waals surface area contributed by atoms with Crippen LogP contribution >= 0.6 is 11.8 Å². The Bertz CT molecular complexity index is 334. The van der Waals surface area contributed by atoms with Gasteiger partial charge in [0, 0.05) is 37.5 Å². The third kappa shape index (κ3) is 6.61. The van der Waals surface area contributed by atoms with Gasteiger partial charge in [0.05, 0.1) is 19.3 Å². The van der Waals surface area contributed by atoms with Crippen molar-refractivity contribution in [3.63, 3.8) is 0 Å². The maximum atomic E-state index is 12.1. The van der Waals surface area contributed by atoms with Crippen LogP contribution in [0.2, 0.25) is 0 Å². The molecule has 0 radical (unpaired) electrons. The highest BCUT2D eigenvalue weighted by molar-refractivity contribution is 8.01. The summed E-state index contributed by atoms with van der Waals surface area (Å²) in [5.41, 5.74) is 0. The largest absolute Gasteiger partial charge is 0.469 e. The predicted octanol–water partition coefficient (Wildman–Crippen LogP) is 1.23. The number of methoxy groups -OCH3 is 1. The number of nitrogens with zero attached hydrogens (tertiary/aromatic N) is 2. The number of amides is 1. The van der Waals surface area contributed by atoms with E-state index in [1.807, 2.05) is 4.90 Å². The number of piperazine rings is 1. The Morgan fingerprint density at radius 2 is 1.75 bits per heavy atom. The molecule has 1 heterocycles. The number of carbonyl (C=O) groups is 2. The molecule has 20 heavy (non-hydrogen) atoms. The second-order valence-corrected chi connectivity index (χ2v) is 7.75. The van der Waals surface area contributed by atoms with Crippen LogP contribution in [0.15, 0.2) is 0 Å². The number of thioether (sulfide) groups is 1. The average Bonchev–Trinajstić information content (AvgIpc) is 2.41. The zero-order valence-corrected chi connectivity index (χ0v) is 13.8. The van der Waals surface area contributed by atoms with Gasteiger partial charge in [0.15, 0.2) is 0 Å². The van der Waals surface area contributed by atoms with Crippen molar-refractivity contribution in [2.45, 2.75) is 31.9 Å². The summed E-state index contributed by atoms with van der Waals surface area (Å²) in [6, 6.07) is 0. The second kappa shape index (κ2) is 7.88. The SMILES string of the molecule is COC(=O)CCN1CCN(C(=O)CSC(C)(C)C)CC1. The molecule has 0 aromatic carbocycles. The standard InChI is InChI=1S/C14H26N2O3S/c1-14(2,3)20-11-12(17)16-9-7-15(8-10-16)6-5-13(18)19-4/h5-11H2,1-4H3. The van der Waals surface area contributed by atoms with Gasteiger partial charge in [-0.05, 0) is 0 Å². The molecule has 1 rings (SSSR count). The van der Waals surface area contributed by atoms with Crippen molar-refractivity contribution in [3.8, 4) is 0 Å². The first kappa shape index (κ1) is 17.3. The molecule has 1 saturated heterocycles. The van der Waals surface area contributed by atoms with E-state index >= 15 is 0 Å². The molecule has 0 bridgehead atoms. The first-order valence-corrected chi connectivity index (χ1v) is 8.01. The fourth-order valence-electron chi connectivity index (χ4n) is 1.94. The lowest BCUT2D eigenvalue weighted by atomic mass is 10.3. The van der Waals surface area contributed by atoms with Crippen LogP contribution in [0.25, 0.3) is 0 Å². The van der Waals surface area contributed by atoms with Crippen LogP contribution in [0, 0.1) is 0 Å². The summed E-state index contributed by atoms with van der Waals surface area (Å²) >= 11 is 1.69. The summed E-state index contributed by atoms with van der Waals surface area (Å²) < 4.78 is 4.75. The molecular weight excluding hydrogens is 276 g/mol. The number of carbonyl (C=O) groups excluding carboxylic acids is 2. The van der Waals surface area contributed by atoms with E-state index in [1.165, 1.54) is 7.11 Å². The number of hydrogen-bond acceptors (Lipinski definition) is 5. The van der Waals surface area contributed by atoms with Crippen molar-refractivity contribution in [3.05, 3.63) is 0 Å². The number of esters is 1. The zero-order chi connectivity index (χ0) is 15.2. The minimum Gasteiger partial charge on any atom is -0.469 e. The molecule has 0 aliphatic carbocycles. The highest BCUT2D eigenvalue weighted by Crippen LogP contribution is 2.23. The van der Waals surface area contributed by atoms with Gasteiger partial charge in [0.2, 0.25) is 5.91 Å². The van der Waals surface area contributed by atoms with E-state index in [9.17, 15) is 9.59 Å². The van der Waals surface area contributed by atoms with Crippen LogP contribution in [0.5, 0.6) is 0 Å². The van der Waals surface area contributed by atoms with Gasteiger partial charge < -0.3 is 9.64 Å². The molecule has 1 amide bonds. The van der Waals surface area contributed by atoms with E-state index in [-0.39, 0.29) is 16.6 Å². The molecule has 1 aliphatic heterocycles. The maximum Gasteiger partial charge on any atom is 0.306 e. The van der Waals surface area contributed by atoms with Crippen molar-refractivity contribution in [2.24, 2.45) is 0 Å². The zero-order valence-electron chi connectivity index (χ0n) is 13.0. The molecule has 1 fully saturated rings. The minimum absolute atomic E-state index is 0.123. The Morgan fingerprint density at radius 3 is 2.25 bits per heavy atom. The van der Waals surface area contributed by atoms with Gasteiger partial charge in [-0.2, -0.15) is 0 Å². The second-order valence-electron chi connectivity index (χ2n) is 5.95. The molecule has 6 heteroatoms. The van der Waals surface area contributed by atoms with Gasteiger partial charge >= 0.3 is 5.97 Å². The lowest BCUT2D eigenvalue weighted by molar-refractivity contribution is -0.141. The summed E-state index contributed by atoms with van der Waals surface area (Å²) in [4.78, 5) is 27.3. The quantitative estimate of drug-likeness (QED) is 0.715. The highest BCUT2D eigenvalue weighted by Gasteiger charge is 2.22. The third-order valence-electron chi connectivity index (χ3n) is 3.21. The van der Waals surface area contributed by atoms with E-state index in [0.29, 0.717) is 18.7 Å². The van der Waals surface area contributed by atoms with Gasteiger partial charge in [0.25, 0.3) is 0 Å². The Morgan fingerprint density at radius 1 is 1.15 bits per heavy atom. The van der Waals surface area contributed by atoms with Gasteiger partial charge in [-0.25, -0.2) is 0 Å². The molecule has 0 spiro atoms. The van der Waals surface area contributed by atoms with Gasteiger partial charge in [-0.1, -0.05) is 20.8 Å². The van der Waals surface area contributed by atoms with E-state index < -0.39 is 0 Å². The van der Waals surface area contributed by atoms with Crippen LogP contribution in [0.1, 0.15) is 27.2 Å². The molecule has 0 saturated carbocycles. The van der Waals surface area contributed by atoms with Crippen molar-refractivity contribution in [1.82, 2.24) is 9.80 Å². The minimum atomic E-state index is -0.176. The van der Waals surface area contributed by atoms with Gasteiger partial charge in [-0.15, -0.1) is 11.8 Å². The number of ether oxygens (including phenoxy) is 1. The van der Waals surface area contributed by atoms with Crippen molar-refractivity contribution in [1.29, 1.82) is 0 Å². The molecule has 1 aliphatic rings. The molecule has 0 atom stereocenters. The highest BCUT2D eigenvalue weighted by atomic mass is 32.2.